The van der Waals surface area contributed by atoms with E-state index in [0.717, 1.165) is 18.2 Å². The molecule has 0 saturated heterocycles. The predicted molar refractivity (Wildman–Crippen MR) is 97.0 cm³/mol. The number of aromatic nitrogens is 2. The molecular weight excluding hydrogens is 354 g/mol. The number of anilines is 2. The van der Waals surface area contributed by atoms with Crippen LogP contribution >= 0.6 is 0 Å². The van der Waals surface area contributed by atoms with Crippen LogP contribution in [-0.2, 0) is 0 Å². The van der Waals surface area contributed by atoms with E-state index < -0.39 is 17.7 Å². The zero-order valence-electron chi connectivity index (χ0n) is 14.6. The number of amides is 2. The first-order valence-electron chi connectivity index (χ1n) is 8.03. The summed E-state index contributed by atoms with van der Waals surface area (Å²) in [6.45, 7) is 3.34. The van der Waals surface area contributed by atoms with Crippen molar-refractivity contribution in [2.75, 3.05) is 10.6 Å². The molecule has 3 rings (SSSR count). The quantitative estimate of drug-likeness (QED) is 0.691. The van der Waals surface area contributed by atoms with Gasteiger partial charge in [0.05, 0.1) is 22.8 Å². The Morgan fingerprint density at radius 1 is 0.963 bits per heavy atom. The minimum atomic E-state index is -0.747. The Kier molecular flexibility index (Phi) is 5.25. The first kappa shape index (κ1) is 18.2. The second-order valence-corrected chi connectivity index (χ2v) is 5.67. The van der Waals surface area contributed by atoms with Crippen LogP contribution < -0.4 is 15.4 Å². The summed E-state index contributed by atoms with van der Waals surface area (Å²) in [6.07, 6.45) is 0. The van der Waals surface area contributed by atoms with Gasteiger partial charge in [0.25, 0.3) is 0 Å². The second kappa shape index (κ2) is 7.77. The van der Waals surface area contributed by atoms with Crippen LogP contribution in [0.4, 0.5) is 25.0 Å². The van der Waals surface area contributed by atoms with Crippen LogP contribution in [-0.4, -0.2) is 16.0 Å². The molecule has 3 aromatic rings. The number of nitrogens with one attached hydrogen (secondary N) is 2. The Hall–Kier alpha value is -3.55. The fourth-order valence-electron chi connectivity index (χ4n) is 2.37. The largest absolute Gasteiger partial charge is 0.424 e. The van der Waals surface area contributed by atoms with Gasteiger partial charge in [-0.15, -0.1) is 0 Å². The van der Waals surface area contributed by atoms with Crippen molar-refractivity contribution in [1.29, 1.82) is 0 Å². The molecule has 2 N–H and O–H groups in total. The van der Waals surface area contributed by atoms with Crippen molar-refractivity contribution in [2.45, 2.75) is 13.8 Å². The van der Waals surface area contributed by atoms with Gasteiger partial charge >= 0.3 is 12.0 Å². The highest BCUT2D eigenvalue weighted by atomic mass is 19.1. The van der Waals surface area contributed by atoms with Crippen molar-refractivity contribution in [3.05, 3.63) is 71.6 Å². The molecule has 8 heteroatoms. The van der Waals surface area contributed by atoms with E-state index in [9.17, 15) is 13.6 Å². The molecule has 6 nitrogen and oxygen atoms in total. The third kappa shape index (κ3) is 4.55. The number of urea groups is 1. The highest BCUT2D eigenvalue weighted by molar-refractivity contribution is 6.00. The summed E-state index contributed by atoms with van der Waals surface area (Å²) >= 11 is 0. The van der Waals surface area contributed by atoms with Gasteiger partial charge in [0.15, 0.2) is 0 Å². The molecule has 0 fully saturated rings. The predicted octanol–water partition coefficient (Wildman–Crippen LogP) is 4.81. The van der Waals surface area contributed by atoms with E-state index in [2.05, 4.69) is 20.6 Å². The minimum absolute atomic E-state index is 0.137. The molecule has 0 radical (unpaired) electrons. The maximum atomic E-state index is 13.6. The SMILES string of the molecule is Cc1nc(Oc2ccccc2)nc(C)c1NC(=O)Nc1cc(F)ccc1F. The Balaban J connectivity index is 1.75. The molecule has 0 atom stereocenters. The first-order chi connectivity index (χ1) is 12.9. The van der Waals surface area contributed by atoms with Crippen LogP contribution in [0.3, 0.4) is 0 Å². The maximum absolute atomic E-state index is 13.6. The highest BCUT2D eigenvalue weighted by Gasteiger charge is 2.14. The van der Waals surface area contributed by atoms with Gasteiger partial charge < -0.3 is 15.4 Å². The van der Waals surface area contributed by atoms with Crippen molar-refractivity contribution in [3.63, 3.8) is 0 Å². The van der Waals surface area contributed by atoms with Crippen LogP contribution in [0.15, 0.2) is 48.5 Å². The second-order valence-electron chi connectivity index (χ2n) is 5.67. The molecule has 0 bridgehead atoms. The Morgan fingerprint density at radius 3 is 2.30 bits per heavy atom. The van der Waals surface area contributed by atoms with Crippen LogP contribution in [0.2, 0.25) is 0 Å². The maximum Gasteiger partial charge on any atom is 0.323 e. The van der Waals surface area contributed by atoms with E-state index in [1.165, 1.54) is 0 Å². The molecule has 2 amide bonds. The molecule has 0 aliphatic heterocycles. The summed E-state index contributed by atoms with van der Waals surface area (Å²) in [5.74, 6) is -0.830. The van der Waals surface area contributed by atoms with E-state index in [1.807, 2.05) is 18.2 Å². The Bertz CT molecular complexity index is 958. The van der Waals surface area contributed by atoms with Gasteiger partial charge in [0.2, 0.25) is 0 Å². The van der Waals surface area contributed by atoms with Crippen LogP contribution in [0, 0.1) is 25.5 Å². The topological polar surface area (TPSA) is 76.1 Å². The third-order valence-electron chi connectivity index (χ3n) is 3.62. The summed E-state index contributed by atoms with van der Waals surface area (Å²) < 4.78 is 32.4. The molecular formula is C19H16F2N4O2. The van der Waals surface area contributed by atoms with Crippen molar-refractivity contribution >= 4 is 17.4 Å². The van der Waals surface area contributed by atoms with Crippen LogP contribution in [0.5, 0.6) is 11.8 Å². The summed E-state index contributed by atoms with van der Waals surface area (Å²) in [4.78, 5) is 20.5. The van der Waals surface area contributed by atoms with E-state index in [1.54, 1.807) is 26.0 Å². The van der Waals surface area contributed by atoms with Gasteiger partial charge in [-0.25, -0.2) is 13.6 Å². The Labute approximate surface area is 154 Å². The van der Waals surface area contributed by atoms with E-state index >= 15 is 0 Å². The van der Waals surface area contributed by atoms with Gasteiger partial charge in [0, 0.05) is 6.07 Å². The molecule has 1 heterocycles. The third-order valence-corrected chi connectivity index (χ3v) is 3.62. The summed E-state index contributed by atoms with van der Waals surface area (Å²) in [6, 6.07) is 11.2. The van der Waals surface area contributed by atoms with Crippen molar-refractivity contribution in [2.24, 2.45) is 0 Å². The number of halogens is 2. The zero-order chi connectivity index (χ0) is 19.4. The van der Waals surface area contributed by atoms with Crippen LogP contribution in [0.25, 0.3) is 0 Å². The number of aryl methyl sites for hydroxylation is 2. The number of para-hydroxylation sites is 1. The lowest BCUT2D eigenvalue weighted by atomic mass is 10.3. The fourth-order valence-corrected chi connectivity index (χ4v) is 2.37. The standard InChI is InChI=1S/C19H16F2N4O2/c1-11-17(25-18(26)24-16-10-13(20)8-9-15(16)21)12(2)23-19(22-11)27-14-6-4-3-5-7-14/h3-10H,1-2H3,(H2,24,25,26). The number of hydrogen-bond donors (Lipinski definition) is 2. The first-order valence-corrected chi connectivity index (χ1v) is 8.03. The van der Waals surface area contributed by atoms with Gasteiger partial charge in [-0.3, -0.25) is 0 Å². The number of nitrogens with zero attached hydrogens (tertiary/aromatic N) is 2. The lowest BCUT2D eigenvalue weighted by Gasteiger charge is -2.13. The number of ether oxygens (including phenoxy) is 1. The zero-order valence-corrected chi connectivity index (χ0v) is 14.6. The number of carbonyl (C=O) groups is 1. The fraction of sp³-hybridized carbons (Fsp3) is 0.105. The summed E-state index contributed by atoms with van der Waals surface area (Å²) in [5, 5.41) is 4.80. The van der Waals surface area contributed by atoms with E-state index in [-0.39, 0.29) is 11.7 Å². The molecule has 0 aliphatic rings. The lowest BCUT2D eigenvalue weighted by molar-refractivity contribution is 0.262. The van der Waals surface area contributed by atoms with Crippen LogP contribution in [0.1, 0.15) is 11.4 Å². The molecule has 0 aliphatic carbocycles. The van der Waals surface area contributed by atoms with Crippen molar-refractivity contribution in [3.8, 4) is 11.8 Å². The molecule has 1 aromatic heterocycles. The molecule has 0 unspecified atom stereocenters. The average molecular weight is 370 g/mol. The number of rotatable bonds is 4. The lowest BCUT2D eigenvalue weighted by Crippen LogP contribution is -2.22. The number of carbonyl (C=O) groups excluding carboxylic acids is 1. The molecule has 138 valence electrons. The summed E-state index contributed by atoms with van der Waals surface area (Å²) in [7, 11) is 0. The number of hydrogen-bond acceptors (Lipinski definition) is 4. The normalized spacial score (nSPS) is 10.4. The molecule has 0 spiro atoms. The average Bonchev–Trinajstić information content (AvgIpc) is 2.62. The number of benzene rings is 2. The van der Waals surface area contributed by atoms with E-state index in [0.29, 0.717) is 22.8 Å². The van der Waals surface area contributed by atoms with Gasteiger partial charge in [-0.2, -0.15) is 9.97 Å². The van der Waals surface area contributed by atoms with Crippen molar-refractivity contribution < 1.29 is 18.3 Å². The van der Waals surface area contributed by atoms with Gasteiger partial charge in [-0.1, -0.05) is 18.2 Å². The monoisotopic (exact) mass is 370 g/mol. The van der Waals surface area contributed by atoms with Crippen molar-refractivity contribution in [1.82, 2.24) is 9.97 Å². The Morgan fingerprint density at radius 2 is 1.63 bits per heavy atom. The molecule has 2 aromatic carbocycles. The molecule has 0 saturated carbocycles. The minimum Gasteiger partial charge on any atom is -0.424 e. The summed E-state index contributed by atoms with van der Waals surface area (Å²) in [5.41, 5.74) is 1.00. The van der Waals surface area contributed by atoms with Gasteiger partial charge in [0.1, 0.15) is 17.4 Å². The smallest absolute Gasteiger partial charge is 0.323 e. The highest BCUT2D eigenvalue weighted by Crippen LogP contribution is 2.23. The molecule has 27 heavy (non-hydrogen) atoms. The van der Waals surface area contributed by atoms with Gasteiger partial charge in [-0.05, 0) is 38.1 Å². The van der Waals surface area contributed by atoms with E-state index in [4.69, 9.17) is 4.74 Å².